The molecule has 1 aromatic heterocycles. The third-order valence-electron chi connectivity index (χ3n) is 3.07. The van der Waals surface area contributed by atoms with Gasteiger partial charge in [0.2, 0.25) is 0 Å². The summed E-state index contributed by atoms with van der Waals surface area (Å²) in [5.74, 6) is 0.524. The van der Waals surface area contributed by atoms with Crippen molar-refractivity contribution < 1.29 is 1.43 Å². The number of hydrogen-bond acceptors (Lipinski definition) is 3. The van der Waals surface area contributed by atoms with Crippen LogP contribution in [0.4, 0.5) is 0 Å². The van der Waals surface area contributed by atoms with Crippen molar-refractivity contribution in [2.75, 3.05) is 13.1 Å². The highest BCUT2D eigenvalue weighted by Crippen LogP contribution is 2.28. The van der Waals surface area contributed by atoms with Crippen molar-refractivity contribution in [2.24, 2.45) is 0 Å². The summed E-state index contributed by atoms with van der Waals surface area (Å²) in [5.41, 5.74) is 3.06. The molecule has 3 heteroatoms. The molecule has 0 bridgehead atoms. The summed E-state index contributed by atoms with van der Waals surface area (Å²) in [6, 6.07) is 0. The molecule has 3 nitrogen and oxygen atoms in total. The number of hydrogen-bond donors (Lipinski definition) is 1. The van der Waals surface area contributed by atoms with Gasteiger partial charge in [-0.15, -0.1) is 0 Å². The molecule has 1 saturated heterocycles. The van der Waals surface area contributed by atoms with Crippen molar-refractivity contribution in [3.8, 4) is 0 Å². The van der Waals surface area contributed by atoms with E-state index >= 15 is 0 Å². The highest BCUT2D eigenvalue weighted by molar-refractivity contribution is 5.62. The van der Waals surface area contributed by atoms with Crippen LogP contribution in [0.1, 0.15) is 37.1 Å². The van der Waals surface area contributed by atoms with Gasteiger partial charge in [-0.2, -0.15) is 0 Å². The molecule has 1 N–H and O–H groups in total. The second-order valence-electron chi connectivity index (χ2n) is 3.99. The summed E-state index contributed by atoms with van der Waals surface area (Å²) >= 11 is 0. The van der Waals surface area contributed by atoms with Crippen LogP contribution in [0.5, 0.6) is 0 Å². The highest BCUT2D eigenvalue weighted by Gasteiger charge is 2.19. The molecule has 2 rings (SSSR count). The maximum Gasteiger partial charge on any atom is 0.116 e. The molecule has 86 valence electrons. The Kier molecular flexibility index (Phi) is 3.47. The lowest BCUT2D eigenvalue weighted by atomic mass is 9.91. The Bertz CT molecular complexity index is 398. The fourth-order valence-corrected chi connectivity index (χ4v) is 2.22. The van der Waals surface area contributed by atoms with Gasteiger partial charge in [0, 0.05) is 12.9 Å². The molecule has 1 aliphatic heterocycles. The molecule has 0 aromatic carbocycles. The standard InChI is InChI=1S/C13H17N3.H2/c1-3-11-12(4-2)15-9-16-13(11)10-5-7-14-8-6-10;/h3-4,9-10,14H,1-2,5-8H2;1H. The second-order valence-corrected chi connectivity index (χ2v) is 3.99. The summed E-state index contributed by atoms with van der Waals surface area (Å²) in [6.45, 7) is 9.76. The van der Waals surface area contributed by atoms with Gasteiger partial charge in [-0.25, -0.2) is 9.97 Å². The summed E-state index contributed by atoms with van der Waals surface area (Å²) in [7, 11) is 0. The minimum Gasteiger partial charge on any atom is -0.317 e. The molecule has 0 saturated carbocycles. The quantitative estimate of drug-likeness (QED) is 0.845. The number of nitrogens with one attached hydrogen (secondary N) is 1. The van der Waals surface area contributed by atoms with E-state index in [4.69, 9.17) is 0 Å². The molecule has 16 heavy (non-hydrogen) atoms. The molecule has 0 radical (unpaired) electrons. The van der Waals surface area contributed by atoms with Crippen molar-refractivity contribution in [2.45, 2.75) is 18.8 Å². The first-order chi connectivity index (χ1) is 7.86. The Morgan fingerprint density at radius 1 is 1.25 bits per heavy atom. The van der Waals surface area contributed by atoms with Gasteiger partial charge >= 0.3 is 0 Å². The second kappa shape index (κ2) is 5.03. The van der Waals surface area contributed by atoms with Gasteiger partial charge in [-0.05, 0) is 32.0 Å². The third-order valence-corrected chi connectivity index (χ3v) is 3.07. The van der Waals surface area contributed by atoms with E-state index in [2.05, 4.69) is 28.4 Å². The molecule has 1 aromatic rings. The summed E-state index contributed by atoms with van der Waals surface area (Å²) in [6.07, 6.45) is 7.50. The third kappa shape index (κ3) is 2.04. The average molecular weight is 217 g/mol. The first-order valence-electron chi connectivity index (χ1n) is 5.67. The molecular weight excluding hydrogens is 198 g/mol. The van der Waals surface area contributed by atoms with Gasteiger partial charge in [-0.3, -0.25) is 0 Å². The first-order valence-corrected chi connectivity index (χ1v) is 5.67. The lowest BCUT2D eigenvalue weighted by Crippen LogP contribution is -2.27. The molecule has 0 atom stereocenters. The summed E-state index contributed by atoms with van der Waals surface area (Å²) in [5, 5.41) is 3.36. The van der Waals surface area contributed by atoms with Gasteiger partial charge in [0.15, 0.2) is 0 Å². The maximum atomic E-state index is 4.42. The van der Waals surface area contributed by atoms with Crippen molar-refractivity contribution >= 4 is 12.2 Å². The highest BCUT2D eigenvalue weighted by atomic mass is 14.9. The topological polar surface area (TPSA) is 37.8 Å². The van der Waals surface area contributed by atoms with E-state index < -0.39 is 0 Å². The first kappa shape index (κ1) is 11.0. The van der Waals surface area contributed by atoms with Crippen molar-refractivity contribution in [1.82, 2.24) is 15.3 Å². The average Bonchev–Trinajstić information content (AvgIpc) is 2.38. The normalized spacial score (nSPS) is 17.0. The van der Waals surface area contributed by atoms with E-state index in [1.54, 1.807) is 12.4 Å². The molecule has 0 unspecified atom stereocenters. The number of piperidine rings is 1. The Labute approximate surface area is 97.8 Å². The SMILES string of the molecule is C=Cc1ncnc(C2CCNCC2)c1C=C.[HH]. The Morgan fingerprint density at radius 2 is 2.00 bits per heavy atom. The molecule has 0 aliphatic carbocycles. The van der Waals surface area contributed by atoms with Crippen molar-refractivity contribution in [3.05, 3.63) is 36.4 Å². The van der Waals surface area contributed by atoms with Crippen molar-refractivity contribution in [1.29, 1.82) is 0 Å². The Hall–Kier alpha value is -1.48. The van der Waals surface area contributed by atoms with E-state index in [1.807, 2.05) is 6.08 Å². The number of nitrogens with zero attached hydrogens (tertiary/aromatic N) is 2. The molecule has 0 amide bonds. The lowest BCUT2D eigenvalue weighted by molar-refractivity contribution is 0.452. The maximum absolute atomic E-state index is 4.42. The molecule has 2 heterocycles. The minimum atomic E-state index is 0. The molecule has 1 aliphatic rings. The van der Waals surface area contributed by atoms with Crippen LogP contribution in [0.25, 0.3) is 12.2 Å². The number of rotatable bonds is 3. The zero-order valence-corrected chi connectivity index (χ0v) is 9.45. The predicted molar refractivity (Wildman–Crippen MR) is 69.2 cm³/mol. The number of aromatic nitrogens is 2. The van der Waals surface area contributed by atoms with Crippen LogP contribution in [-0.4, -0.2) is 23.1 Å². The summed E-state index contributed by atoms with van der Waals surface area (Å²) in [4.78, 5) is 8.63. The van der Waals surface area contributed by atoms with Gasteiger partial charge in [0.1, 0.15) is 6.33 Å². The van der Waals surface area contributed by atoms with E-state index in [0.29, 0.717) is 5.92 Å². The van der Waals surface area contributed by atoms with Crippen LogP contribution >= 0.6 is 0 Å². The van der Waals surface area contributed by atoms with Gasteiger partial charge in [0.05, 0.1) is 11.4 Å². The zero-order valence-electron chi connectivity index (χ0n) is 9.45. The molecule has 0 spiro atoms. The minimum absolute atomic E-state index is 0. The van der Waals surface area contributed by atoms with Gasteiger partial charge < -0.3 is 5.32 Å². The molecule has 1 fully saturated rings. The van der Waals surface area contributed by atoms with Gasteiger partial charge in [0.25, 0.3) is 0 Å². The van der Waals surface area contributed by atoms with Crippen LogP contribution in [-0.2, 0) is 0 Å². The predicted octanol–water partition coefficient (Wildman–Crippen LogP) is 2.48. The van der Waals surface area contributed by atoms with E-state index in [0.717, 1.165) is 42.9 Å². The summed E-state index contributed by atoms with van der Waals surface area (Å²) < 4.78 is 0. The van der Waals surface area contributed by atoms with E-state index in [1.165, 1.54) is 0 Å². The monoisotopic (exact) mass is 217 g/mol. The smallest absolute Gasteiger partial charge is 0.116 e. The Morgan fingerprint density at radius 3 is 2.62 bits per heavy atom. The van der Waals surface area contributed by atoms with Crippen molar-refractivity contribution in [3.63, 3.8) is 0 Å². The van der Waals surface area contributed by atoms with Crippen LogP contribution in [0.15, 0.2) is 19.5 Å². The van der Waals surface area contributed by atoms with Crippen LogP contribution in [0.2, 0.25) is 0 Å². The van der Waals surface area contributed by atoms with E-state index in [9.17, 15) is 0 Å². The largest absolute Gasteiger partial charge is 0.317 e. The van der Waals surface area contributed by atoms with Crippen LogP contribution in [0, 0.1) is 0 Å². The fraction of sp³-hybridized carbons (Fsp3) is 0.385. The van der Waals surface area contributed by atoms with E-state index in [-0.39, 0.29) is 1.43 Å². The lowest BCUT2D eigenvalue weighted by Gasteiger charge is -2.23. The zero-order chi connectivity index (χ0) is 11.4. The fourth-order valence-electron chi connectivity index (χ4n) is 2.22. The van der Waals surface area contributed by atoms with Gasteiger partial charge in [-0.1, -0.05) is 19.2 Å². The molecular formula is C13H19N3. The Balaban J connectivity index is 0.00000144. The van der Waals surface area contributed by atoms with Crippen LogP contribution in [0.3, 0.4) is 0 Å². The van der Waals surface area contributed by atoms with Crippen LogP contribution < -0.4 is 5.32 Å².